The number of imidazole rings is 1. The Morgan fingerprint density at radius 3 is 2.81 bits per heavy atom. The van der Waals surface area contributed by atoms with Gasteiger partial charge in [-0.1, -0.05) is 18.2 Å². The molecule has 0 unspecified atom stereocenters. The van der Waals surface area contributed by atoms with Gasteiger partial charge in [0, 0.05) is 26.2 Å². The molecule has 0 aliphatic carbocycles. The van der Waals surface area contributed by atoms with Gasteiger partial charge >= 0.3 is 5.97 Å². The minimum atomic E-state index is -0.916. The van der Waals surface area contributed by atoms with E-state index >= 15 is 0 Å². The van der Waals surface area contributed by atoms with Gasteiger partial charge in [-0.3, -0.25) is 4.90 Å². The fraction of sp³-hybridized carbons (Fsp3) is 0.259. The Bertz CT molecular complexity index is 1530. The molecule has 0 saturated heterocycles. The van der Waals surface area contributed by atoms with Crippen molar-refractivity contribution < 1.29 is 14.6 Å². The van der Waals surface area contributed by atoms with Gasteiger partial charge in [-0.05, 0) is 54.3 Å². The molecule has 1 aliphatic rings. The average Bonchev–Trinajstić information content (AvgIpc) is 3.43. The molecule has 0 fully saturated rings. The van der Waals surface area contributed by atoms with Crippen LogP contribution in [0.4, 0.5) is 0 Å². The fourth-order valence-corrected chi connectivity index (χ4v) is 5.23. The number of pyridine rings is 1. The number of carboxylic acid groups (broad SMARTS) is 1. The van der Waals surface area contributed by atoms with Crippen LogP contribution in [0.25, 0.3) is 15.9 Å². The van der Waals surface area contributed by atoms with Crippen molar-refractivity contribution in [1.82, 2.24) is 19.4 Å². The summed E-state index contributed by atoms with van der Waals surface area (Å²) in [6, 6.07) is 15.2. The van der Waals surface area contributed by atoms with Crippen LogP contribution in [0.5, 0.6) is 5.88 Å². The van der Waals surface area contributed by atoms with Crippen LogP contribution in [-0.4, -0.2) is 43.6 Å². The van der Waals surface area contributed by atoms with Gasteiger partial charge < -0.3 is 14.4 Å². The minimum Gasteiger partial charge on any atom is -0.477 e. The Hall–Kier alpha value is -4.00. The van der Waals surface area contributed by atoms with Crippen molar-refractivity contribution >= 4 is 33.2 Å². The monoisotopic (exact) mass is 499 g/mol. The number of benzene rings is 1. The molecular formula is C27H25N5O3S. The SMILES string of the molecule is Cc1cc(C#N)ccc1COc1cccc(C2=CCN(Cc3nc4cc(C(=O)O)sc4n3C)CC2)n1. The lowest BCUT2D eigenvalue weighted by atomic mass is 10.0. The summed E-state index contributed by atoms with van der Waals surface area (Å²) in [6.45, 7) is 4.74. The van der Waals surface area contributed by atoms with Gasteiger partial charge in [-0.25, -0.2) is 14.8 Å². The third kappa shape index (κ3) is 4.87. The van der Waals surface area contributed by atoms with E-state index in [4.69, 9.17) is 15.0 Å². The molecule has 4 heterocycles. The third-order valence-electron chi connectivity index (χ3n) is 6.40. The number of aromatic nitrogens is 3. The second-order valence-corrected chi connectivity index (χ2v) is 9.84. The molecule has 0 radical (unpaired) electrons. The first kappa shape index (κ1) is 23.7. The predicted molar refractivity (Wildman–Crippen MR) is 138 cm³/mol. The second-order valence-electron chi connectivity index (χ2n) is 8.81. The van der Waals surface area contributed by atoms with Crippen molar-refractivity contribution in [3.8, 4) is 11.9 Å². The lowest BCUT2D eigenvalue weighted by Crippen LogP contribution is -2.29. The molecule has 0 atom stereocenters. The van der Waals surface area contributed by atoms with E-state index in [1.807, 2.05) is 48.9 Å². The van der Waals surface area contributed by atoms with Gasteiger partial charge in [0.25, 0.3) is 0 Å². The Kier molecular flexibility index (Phi) is 6.55. The van der Waals surface area contributed by atoms with Gasteiger partial charge in [-0.2, -0.15) is 5.26 Å². The Labute approximate surface area is 212 Å². The van der Waals surface area contributed by atoms with Gasteiger partial charge in [-0.15, -0.1) is 11.3 Å². The molecule has 3 aromatic heterocycles. The molecule has 1 aromatic carbocycles. The molecule has 0 bridgehead atoms. The standard InChI is InChI=1S/C27H25N5O3S/c1-17-12-18(14-28)6-7-20(17)16-35-25-5-3-4-21(30-25)19-8-10-32(11-9-19)15-24-29-22-13-23(27(33)34)36-26(22)31(24)2/h3-8,12-13H,9-11,15-16H2,1-2H3,(H,33,34). The highest BCUT2D eigenvalue weighted by Crippen LogP contribution is 2.28. The highest BCUT2D eigenvalue weighted by atomic mass is 32.1. The van der Waals surface area contributed by atoms with Gasteiger partial charge in [0.05, 0.1) is 23.9 Å². The number of carbonyl (C=O) groups is 1. The molecule has 0 spiro atoms. The van der Waals surface area contributed by atoms with Crippen LogP contribution in [-0.2, 0) is 20.2 Å². The van der Waals surface area contributed by atoms with Crippen molar-refractivity contribution in [2.75, 3.05) is 13.1 Å². The number of fused-ring (bicyclic) bond motifs is 1. The topological polar surface area (TPSA) is 104 Å². The van der Waals surface area contributed by atoms with Gasteiger partial charge in [0.2, 0.25) is 5.88 Å². The third-order valence-corrected chi connectivity index (χ3v) is 7.59. The van der Waals surface area contributed by atoms with E-state index in [1.165, 1.54) is 16.9 Å². The van der Waals surface area contributed by atoms with E-state index in [0.717, 1.165) is 52.5 Å². The predicted octanol–water partition coefficient (Wildman–Crippen LogP) is 4.78. The molecule has 8 nitrogen and oxygen atoms in total. The van der Waals surface area contributed by atoms with E-state index in [1.54, 1.807) is 12.1 Å². The van der Waals surface area contributed by atoms with Crippen LogP contribution in [0.2, 0.25) is 0 Å². The van der Waals surface area contributed by atoms with E-state index in [-0.39, 0.29) is 0 Å². The summed E-state index contributed by atoms with van der Waals surface area (Å²) in [5.41, 5.74) is 5.54. The summed E-state index contributed by atoms with van der Waals surface area (Å²) in [6.07, 6.45) is 3.07. The van der Waals surface area contributed by atoms with E-state index in [2.05, 4.69) is 22.0 Å². The number of hydrogen-bond donors (Lipinski definition) is 1. The van der Waals surface area contributed by atoms with Crippen molar-refractivity contribution in [2.45, 2.75) is 26.5 Å². The highest BCUT2D eigenvalue weighted by Gasteiger charge is 2.19. The van der Waals surface area contributed by atoms with E-state index < -0.39 is 5.97 Å². The molecule has 9 heteroatoms. The van der Waals surface area contributed by atoms with Crippen molar-refractivity contribution in [1.29, 1.82) is 5.26 Å². The van der Waals surface area contributed by atoms with Crippen LogP contribution in [0.15, 0.2) is 48.5 Å². The lowest BCUT2D eigenvalue weighted by Gasteiger charge is -2.25. The van der Waals surface area contributed by atoms with Crippen LogP contribution in [0.1, 0.15) is 44.3 Å². The first-order valence-corrected chi connectivity index (χ1v) is 12.4. The van der Waals surface area contributed by atoms with Crippen LogP contribution >= 0.6 is 11.3 Å². The van der Waals surface area contributed by atoms with E-state index in [9.17, 15) is 9.90 Å². The number of rotatable bonds is 7. The maximum Gasteiger partial charge on any atom is 0.346 e. The molecule has 36 heavy (non-hydrogen) atoms. The van der Waals surface area contributed by atoms with Crippen LogP contribution in [0, 0.1) is 18.3 Å². The molecule has 0 saturated carbocycles. The molecule has 4 aromatic rings. The van der Waals surface area contributed by atoms with Crippen molar-refractivity contribution in [2.24, 2.45) is 7.05 Å². The zero-order chi connectivity index (χ0) is 25.2. The summed E-state index contributed by atoms with van der Waals surface area (Å²) >= 11 is 1.26. The minimum absolute atomic E-state index is 0.311. The van der Waals surface area contributed by atoms with Crippen LogP contribution < -0.4 is 4.74 Å². The fourth-order valence-electron chi connectivity index (χ4n) is 4.31. The Morgan fingerprint density at radius 2 is 2.11 bits per heavy atom. The van der Waals surface area contributed by atoms with Gasteiger partial charge in [0.15, 0.2) is 0 Å². The largest absolute Gasteiger partial charge is 0.477 e. The average molecular weight is 500 g/mol. The number of thiophene rings is 1. The summed E-state index contributed by atoms with van der Waals surface area (Å²) in [7, 11) is 1.94. The molecular weight excluding hydrogens is 474 g/mol. The normalized spacial score (nSPS) is 14.0. The number of aromatic carboxylic acids is 1. The Balaban J connectivity index is 1.22. The summed E-state index contributed by atoms with van der Waals surface area (Å²) in [5.74, 6) is 0.589. The maximum atomic E-state index is 11.2. The number of ether oxygens (including phenoxy) is 1. The molecule has 1 aliphatic heterocycles. The maximum absolute atomic E-state index is 11.2. The number of carboxylic acids is 1. The van der Waals surface area contributed by atoms with Gasteiger partial charge in [0.1, 0.15) is 27.7 Å². The zero-order valence-electron chi connectivity index (χ0n) is 20.1. The zero-order valence-corrected chi connectivity index (χ0v) is 20.9. The van der Waals surface area contributed by atoms with Crippen molar-refractivity contribution in [3.05, 3.63) is 81.6 Å². The number of hydrogen-bond acceptors (Lipinski definition) is 7. The lowest BCUT2D eigenvalue weighted by molar-refractivity contribution is 0.0702. The summed E-state index contributed by atoms with van der Waals surface area (Å²) in [4.78, 5) is 24.1. The summed E-state index contributed by atoms with van der Waals surface area (Å²) < 4.78 is 7.95. The molecule has 182 valence electrons. The first-order chi connectivity index (χ1) is 17.4. The first-order valence-electron chi connectivity index (χ1n) is 11.6. The van der Waals surface area contributed by atoms with E-state index in [0.29, 0.717) is 29.5 Å². The number of aryl methyl sites for hydroxylation is 2. The molecule has 0 amide bonds. The molecule has 5 rings (SSSR count). The summed E-state index contributed by atoms with van der Waals surface area (Å²) in [5, 5.41) is 18.3. The van der Waals surface area contributed by atoms with Crippen LogP contribution in [0.3, 0.4) is 0 Å². The second kappa shape index (κ2) is 9.93. The molecule has 1 N–H and O–H groups in total. The highest BCUT2D eigenvalue weighted by molar-refractivity contribution is 7.20. The van der Waals surface area contributed by atoms with Crippen molar-refractivity contribution in [3.63, 3.8) is 0 Å². The smallest absolute Gasteiger partial charge is 0.346 e. The Morgan fingerprint density at radius 1 is 1.25 bits per heavy atom. The number of nitrogens with zero attached hydrogens (tertiary/aromatic N) is 5. The number of nitriles is 1. The quantitative estimate of drug-likeness (QED) is 0.390.